The standard InChI is InChI=1S/C24H25N3O4S/c1-16-14-19(24(31)26-10-12-32-13-11-26)6-7-20(16)25-23(30)18-4-2-17(3-5-18)15-27-21(28)8-9-22(27)29/h2-7,14H,8-13,15H2,1H3,(H,25,30). The Bertz CT molecular complexity index is 1050. The number of imide groups is 1. The highest BCUT2D eigenvalue weighted by Crippen LogP contribution is 2.21. The maximum absolute atomic E-state index is 12.7. The second-order valence-electron chi connectivity index (χ2n) is 7.96. The van der Waals surface area contributed by atoms with Gasteiger partial charge in [0.15, 0.2) is 0 Å². The molecule has 7 nitrogen and oxygen atoms in total. The molecule has 0 atom stereocenters. The highest BCUT2D eigenvalue weighted by atomic mass is 32.2. The third-order valence-electron chi connectivity index (χ3n) is 5.73. The van der Waals surface area contributed by atoms with Crippen molar-refractivity contribution >= 4 is 41.1 Å². The number of benzene rings is 2. The molecule has 0 spiro atoms. The van der Waals surface area contributed by atoms with Crippen molar-refractivity contribution in [1.29, 1.82) is 0 Å². The number of amides is 4. The largest absolute Gasteiger partial charge is 0.337 e. The minimum absolute atomic E-state index is 0.0248. The molecule has 166 valence electrons. The third kappa shape index (κ3) is 4.85. The third-order valence-corrected chi connectivity index (χ3v) is 6.67. The second-order valence-corrected chi connectivity index (χ2v) is 9.18. The number of nitrogens with one attached hydrogen (secondary N) is 1. The molecule has 4 rings (SSSR count). The molecule has 1 N–H and O–H groups in total. The molecule has 2 heterocycles. The summed E-state index contributed by atoms with van der Waals surface area (Å²) in [5, 5.41) is 2.89. The van der Waals surface area contributed by atoms with Gasteiger partial charge < -0.3 is 10.2 Å². The topological polar surface area (TPSA) is 86.8 Å². The normalized spacial score (nSPS) is 16.4. The SMILES string of the molecule is Cc1cc(C(=O)N2CCSCC2)ccc1NC(=O)c1ccc(CN2C(=O)CCC2=O)cc1. The van der Waals surface area contributed by atoms with Crippen LogP contribution in [0.4, 0.5) is 5.69 Å². The van der Waals surface area contributed by atoms with E-state index in [1.807, 2.05) is 29.7 Å². The number of hydrogen-bond donors (Lipinski definition) is 1. The predicted molar refractivity (Wildman–Crippen MR) is 124 cm³/mol. The minimum atomic E-state index is -0.264. The van der Waals surface area contributed by atoms with Crippen LogP contribution in [0, 0.1) is 6.92 Å². The summed E-state index contributed by atoms with van der Waals surface area (Å²) in [5.41, 5.74) is 3.36. The Morgan fingerprint density at radius 1 is 0.938 bits per heavy atom. The lowest BCUT2D eigenvalue weighted by molar-refractivity contribution is -0.139. The first-order chi connectivity index (χ1) is 15.4. The summed E-state index contributed by atoms with van der Waals surface area (Å²) in [6.45, 7) is 3.61. The molecule has 0 radical (unpaired) electrons. The summed E-state index contributed by atoms with van der Waals surface area (Å²) in [5.74, 6) is 1.36. The Hall–Kier alpha value is -3.13. The Labute approximate surface area is 191 Å². The van der Waals surface area contributed by atoms with Crippen molar-refractivity contribution in [1.82, 2.24) is 9.80 Å². The fraction of sp³-hybridized carbons (Fsp3) is 0.333. The van der Waals surface area contributed by atoms with E-state index < -0.39 is 0 Å². The van der Waals surface area contributed by atoms with Gasteiger partial charge in [-0.05, 0) is 48.4 Å². The van der Waals surface area contributed by atoms with E-state index in [0.29, 0.717) is 16.8 Å². The number of rotatable bonds is 5. The first-order valence-electron chi connectivity index (χ1n) is 10.6. The molecule has 8 heteroatoms. The Morgan fingerprint density at radius 2 is 1.56 bits per heavy atom. The summed E-state index contributed by atoms with van der Waals surface area (Å²) in [6, 6.07) is 12.2. The van der Waals surface area contributed by atoms with Gasteiger partial charge in [-0.15, -0.1) is 0 Å². The number of carbonyl (C=O) groups excluding carboxylic acids is 4. The number of likely N-dealkylation sites (tertiary alicyclic amines) is 1. The van der Waals surface area contributed by atoms with Gasteiger partial charge in [0.2, 0.25) is 11.8 Å². The highest BCUT2D eigenvalue weighted by Gasteiger charge is 2.28. The summed E-state index contributed by atoms with van der Waals surface area (Å²) in [4.78, 5) is 52.0. The molecule has 2 aromatic rings. The van der Waals surface area contributed by atoms with Gasteiger partial charge in [-0.3, -0.25) is 24.1 Å². The molecule has 4 amide bonds. The second kappa shape index (κ2) is 9.56. The summed E-state index contributed by atoms with van der Waals surface area (Å²) < 4.78 is 0. The van der Waals surface area contributed by atoms with Crippen LogP contribution in [0.15, 0.2) is 42.5 Å². The lowest BCUT2D eigenvalue weighted by Crippen LogP contribution is -2.37. The van der Waals surface area contributed by atoms with Crippen LogP contribution in [-0.4, -0.2) is 58.0 Å². The lowest BCUT2D eigenvalue weighted by Gasteiger charge is -2.26. The fourth-order valence-corrected chi connectivity index (χ4v) is 4.73. The van der Waals surface area contributed by atoms with Gasteiger partial charge in [-0.2, -0.15) is 11.8 Å². The summed E-state index contributed by atoms with van der Waals surface area (Å²) in [6.07, 6.45) is 0.528. The fourth-order valence-electron chi connectivity index (χ4n) is 3.82. The molecule has 0 aromatic heterocycles. The van der Waals surface area contributed by atoms with Crippen LogP contribution in [0.2, 0.25) is 0 Å². The molecule has 2 aromatic carbocycles. The van der Waals surface area contributed by atoms with Crippen LogP contribution in [0.25, 0.3) is 0 Å². The van der Waals surface area contributed by atoms with E-state index in [9.17, 15) is 19.2 Å². The number of anilines is 1. The Kier molecular flexibility index (Phi) is 6.60. The average Bonchev–Trinajstić information content (AvgIpc) is 3.13. The van der Waals surface area contributed by atoms with Gasteiger partial charge in [-0.25, -0.2) is 0 Å². The zero-order valence-corrected chi connectivity index (χ0v) is 18.7. The lowest BCUT2D eigenvalue weighted by atomic mass is 10.1. The number of carbonyl (C=O) groups is 4. The molecule has 2 aliphatic rings. The van der Waals surface area contributed by atoms with Crippen molar-refractivity contribution in [3.63, 3.8) is 0 Å². The number of thioether (sulfide) groups is 1. The van der Waals surface area contributed by atoms with Gasteiger partial charge in [0.25, 0.3) is 11.8 Å². The zero-order chi connectivity index (χ0) is 22.7. The van der Waals surface area contributed by atoms with Gasteiger partial charge in [0, 0.05) is 54.3 Å². The summed E-state index contributed by atoms with van der Waals surface area (Å²) in [7, 11) is 0. The maximum Gasteiger partial charge on any atom is 0.255 e. The van der Waals surface area contributed by atoms with E-state index in [0.717, 1.165) is 35.7 Å². The van der Waals surface area contributed by atoms with E-state index >= 15 is 0 Å². The van der Waals surface area contributed by atoms with E-state index in [1.165, 1.54) is 4.90 Å². The van der Waals surface area contributed by atoms with Gasteiger partial charge >= 0.3 is 0 Å². The van der Waals surface area contributed by atoms with Crippen molar-refractivity contribution in [2.24, 2.45) is 0 Å². The molecule has 0 saturated carbocycles. The van der Waals surface area contributed by atoms with Crippen molar-refractivity contribution in [2.75, 3.05) is 29.9 Å². The van der Waals surface area contributed by atoms with Crippen LogP contribution in [0.3, 0.4) is 0 Å². The van der Waals surface area contributed by atoms with E-state index in [2.05, 4.69) is 5.32 Å². The first kappa shape index (κ1) is 22.1. The molecule has 0 aliphatic carbocycles. The van der Waals surface area contributed by atoms with Crippen LogP contribution >= 0.6 is 11.8 Å². The van der Waals surface area contributed by atoms with E-state index in [-0.39, 0.29) is 43.0 Å². The van der Waals surface area contributed by atoms with Crippen molar-refractivity contribution in [3.05, 3.63) is 64.7 Å². The highest BCUT2D eigenvalue weighted by molar-refractivity contribution is 7.99. The minimum Gasteiger partial charge on any atom is -0.337 e. The quantitative estimate of drug-likeness (QED) is 0.706. The molecule has 0 bridgehead atoms. The smallest absolute Gasteiger partial charge is 0.255 e. The number of nitrogens with zero attached hydrogens (tertiary/aromatic N) is 2. The molecule has 0 unspecified atom stereocenters. The molecule has 2 aliphatic heterocycles. The summed E-state index contributed by atoms with van der Waals surface area (Å²) >= 11 is 1.86. The van der Waals surface area contributed by atoms with Gasteiger partial charge in [0.05, 0.1) is 6.54 Å². The molecular formula is C24H25N3O4S. The maximum atomic E-state index is 12.7. The number of hydrogen-bond acceptors (Lipinski definition) is 5. The first-order valence-corrected chi connectivity index (χ1v) is 11.8. The van der Waals surface area contributed by atoms with Crippen LogP contribution in [-0.2, 0) is 16.1 Å². The molecule has 2 fully saturated rings. The average molecular weight is 452 g/mol. The Morgan fingerprint density at radius 3 is 2.19 bits per heavy atom. The van der Waals surface area contributed by atoms with Crippen molar-refractivity contribution in [2.45, 2.75) is 26.3 Å². The predicted octanol–water partition coefficient (Wildman–Crippen LogP) is 3.09. The number of aryl methyl sites for hydroxylation is 1. The van der Waals surface area contributed by atoms with Crippen LogP contribution in [0.5, 0.6) is 0 Å². The van der Waals surface area contributed by atoms with Crippen molar-refractivity contribution < 1.29 is 19.2 Å². The van der Waals surface area contributed by atoms with Gasteiger partial charge in [0.1, 0.15) is 0 Å². The molecular weight excluding hydrogens is 426 g/mol. The molecule has 32 heavy (non-hydrogen) atoms. The van der Waals surface area contributed by atoms with E-state index in [4.69, 9.17) is 0 Å². The van der Waals surface area contributed by atoms with Gasteiger partial charge in [-0.1, -0.05) is 12.1 Å². The van der Waals surface area contributed by atoms with Crippen molar-refractivity contribution in [3.8, 4) is 0 Å². The monoisotopic (exact) mass is 451 g/mol. The van der Waals surface area contributed by atoms with Crippen LogP contribution < -0.4 is 5.32 Å². The Balaban J connectivity index is 1.39. The van der Waals surface area contributed by atoms with Crippen LogP contribution in [0.1, 0.15) is 44.7 Å². The molecule has 2 saturated heterocycles. The zero-order valence-electron chi connectivity index (χ0n) is 17.9. The van der Waals surface area contributed by atoms with E-state index in [1.54, 1.807) is 36.4 Å².